The van der Waals surface area contributed by atoms with Crippen LogP contribution in [0.4, 0.5) is 0 Å². The number of carbonyl (C=O) groups is 2. The average Bonchev–Trinajstić information content (AvgIpc) is 2.93. The van der Waals surface area contributed by atoms with Gasteiger partial charge in [-0.15, -0.1) is 0 Å². The molecule has 0 fully saturated rings. The van der Waals surface area contributed by atoms with Crippen LogP contribution in [0.2, 0.25) is 0 Å². The Morgan fingerprint density at radius 2 is 1.38 bits per heavy atom. The summed E-state index contributed by atoms with van der Waals surface area (Å²) >= 11 is 0. The molecule has 3 rings (SSSR count). The summed E-state index contributed by atoms with van der Waals surface area (Å²) in [6.45, 7) is 3.17. The summed E-state index contributed by atoms with van der Waals surface area (Å²) in [6.07, 6.45) is 0.793. The van der Waals surface area contributed by atoms with Gasteiger partial charge in [0.25, 0.3) is 8.05 Å². The molecule has 1 atom stereocenters. The third-order valence-electron chi connectivity index (χ3n) is 6.30. The molecule has 8 nitrogen and oxygen atoms in total. The fourth-order valence-electron chi connectivity index (χ4n) is 4.47. The molecule has 0 saturated carbocycles. The summed E-state index contributed by atoms with van der Waals surface area (Å²) in [5.41, 5.74) is 5.82. The van der Waals surface area contributed by atoms with Gasteiger partial charge in [0.2, 0.25) is 0 Å². The molecular weight excluding hydrogens is 507 g/mol. The van der Waals surface area contributed by atoms with Gasteiger partial charge in [-0.1, -0.05) is 73.7 Å². The van der Waals surface area contributed by atoms with E-state index in [1.165, 1.54) is 11.9 Å². The van der Waals surface area contributed by atoms with Crippen LogP contribution in [-0.4, -0.2) is 85.9 Å². The summed E-state index contributed by atoms with van der Waals surface area (Å²) in [7, 11) is 9.01. The van der Waals surface area contributed by atoms with Gasteiger partial charge >= 0.3 is 11.9 Å². The predicted octanol–water partition coefficient (Wildman–Crippen LogP) is 4.20. The van der Waals surface area contributed by atoms with Crippen molar-refractivity contribution in [2.75, 3.05) is 40.8 Å². The van der Waals surface area contributed by atoms with Crippen LogP contribution in [0.1, 0.15) is 41.6 Å². The van der Waals surface area contributed by atoms with E-state index in [0.717, 1.165) is 46.6 Å². The fraction of sp³-hybridized carbons (Fsp3) is 0.290. The van der Waals surface area contributed by atoms with E-state index in [-0.39, 0.29) is 6.54 Å². The highest BCUT2D eigenvalue weighted by molar-refractivity contribution is 5.98. The van der Waals surface area contributed by atoms with Gasteiger partial charge < -0.3 is 24.9 Å². The van der Waals surface area contributed by atoms with Crippen molar-refractivity contribution in [1.29, 1.82) is 0 Å². The highest BCUT2D eigenvalue weighted by atomic mass is 16.5. The zero-order valence-electron chi connectivity index (χ0n) is 23.4. The van der Waals surface area contributed by atoms with E-state index in [4.69, 9.17) is 14.9 Å². The SMILES string of the molecule is CCC(=C(c1ccc(OCCN(C)C)cc1)c1ccc(C(C(=O)O)N(C)CC(=O)O)cc1)c1ccccc1.[B]O. The maximum Gasteiger partial charge on any atom is 0.325 e. The number of hydrogen-bond donors (Lipinski definition) is 3. The highest BCUT2D eigenvalue weighted by Gasteiger charge is 2.26. The molecule has 210 valence electrons. The molecule has 0 aliphatic heterocycles. The molecule has 40 heavy (non-hydrogen) atoms. The lowest BCUT2D eigenvalue weighted by atomic mass is 9.87. The van der Waals surface area contributed by atoms with E-state index < -0.39 is 18.0 Å². The van der Waals surface area contributed by atoms with E-state index in [9.17, 15) is 14.7 Å². The first kappa shape index (κ1) is 32.3. The Balaban J connectivity index is 0.00000274. The number of allylic oxidation sites excluding steroid dienone is 1. The monoisotopic (exact) mass is 544 g/mol. The number of likely N-dealkylation sites (N-methyl/N-ethyl adjacent to an activating group) is 2. The van der Waals surface area contributed by atoms with Gasteiger partial charge in [0.15, 0.2) is 0 Å². The molecule has 0 aromatic heterocycles. The van der Waals surface area contributed by atoms with Crippen LogP contribution in [0.5, 0.6) is 5.75 Å². The first-order valence-corrected chi connectivity index (χ1v) is 12.9. The molecule has 0 heterocycles. The molecule has 1 unspecified atom stereocenters. The second-order valence-electron chi connectivity index (χ2n) is 9.42. The molecule has 0 amide bonds. The fourth-order valence-corrected chi connectivity index (χ4v) is 4.47. The van der Waals surface area contributed by atoms with Gasteiger partial charge in [-0.3, -0.25) is 14.5 Å². The standard InChI is InChI=1S/C31H36N2O5.BHO/c1-5-27(22-9-7-6-8-10-22)29(24-15-17-26(18-16-24)38-20-19-32(2)3)23-11-13-25(14-12-23)30(31(36)37)33(4)21-28(34)35;1-2/h6-18,30H,5,19-21H2,1-4H3,(H,34,35)(H,36,37);2H. The molecule has 0 aliphatic rings. The van der Waals surface area contributed by atoms with Crippen molar-refractivity contribution in [3.05, 3.63) is 101 Å². The number of aliphatic carboxylic acids is 2. The zero-order valence-corrected chi connectivity index (χ0v) is 23.4. The highest BCUT2D eigenvalue weighted by Crippen LogP contribution is 2.35. The lowest BCUT2D eigenvalue weighted by molar-refractivity contribution is -0.145. The summed E-state index contributed by atoms with van der Waals surface area (Å²) in [5.74, 6) is -1.38. The molecular formula is C31H37BN2O6. The minimum absolute atomic E-state index is 0.374. The maximum atomic E-state index is 12.0. The maximum absolute atomic E-state index is 12.0. The summed E-state index contributed by atoms with van der Waals surface area (Å²) < 4.78 is 5.88. The number of carboxylic acids is 2. The number of rotatable bonds is 13. The van der Waals surface area contributed by atoms with Crippen molar-refractivity contribution in [3.63, 3.8) is 0 Å². The topological polar surface area (TPSA) is 111 Å². The second-order valence-corrected chi connectivity index (χ2v) is 9.42. The third-order valence-corrected chi connectivity index (χ3v) is 6.30. The van der Waals surface area contributed by atoms with Crippen LogP contribution in [0.25, 0.3) is 11.1 Å². The van der Waals surface area contributed by atoms with E-state index >= 15 is 0 Å². The van der Waals surface area contributed by atoms with Crippen molar-refractivity contribution in [2.45, 2.75) is 19.4 Å². The smallest absolute Gasteiger partial charge is 0.325 e. The Hall–Kier alpha value is -3.92. The normalized spacial score (nSPS) is 12.3. The number of ether oxygens (including phenoxy) is 1. The van der Waals surface area contributed by atoms with Crippen molar-refractivity contribution >= 4 is 31.1 Å². The Morgan fingerprint density at radius 3 is 1.85 bits per heavy atom. The number of benzene rings is 3. The van der Waals surface area contributed by atoms with Gasteiger partial charge in [0.1, 0.15) is 18.4 Å². The van der Waals surface area contributed by atoms with Crippen LogP contribution in [0, 0.1) is 0 Å². The largest absolute Gasteiger partial charge is 0.492 e. The van der Waals surface area contributed by atoms with Gasteiger partial charge in [-0.2, -0.15) is 0 Å². The first-order chi connectivity index (χ1) is 19.2. The van der Waals surface area contributed by atoms with E-state index in [1.54, 1.807) is 12.1 Å². The number of carboxylic acid groups (broad SMARTS) is 2. The third kappa shape index (κ3) is 9.08. The molecule has 3 N–H and O–H groups in total. The average molecular weight is 544 g/mol. The van der Waals surface area contributed by atoms with Gasteiger partial charge in [0, 0.05) is 6.54 Å². The molecule has 0 bridgehead atoms. The van der Waals surface area contributed by atoms with Crippen LogP contribution in [0.15, 0.2) is 78.9 Å². The summed E-state index contributed by atoms with van der Waals surface area (Å²) in [6, 6.07) is 24.5. The van der Waals surface area contributed by atoms with Crippen LogP contribution in [0.3, 0.4) is 0 Å². The lowest BCUT2D eigenvalue weighted by Crippen LogP contribution is -2.34. The molecule has 9 heteroatoms. The minimum atomic E-state index is -1.10. The number of hydrogen-bond acceptors (Lipinski definition) is 6. The van der Waals surface area contributed by atoms with Crippen LogP contribution < -0.4 is 4.74 Å². The Labute approximate surface area is 237 Å². The Bertz CT molecular complexity index is 1250. The Kier molecular flexibility index (Phi) is 13.1. The molecule has 0 aliphatic carbocycles. The molecule has 0 spiro atoms. The second kappa shape index (κ2) is 16.2. The zero-order chi connectivity index (χ0) is 29.7. The van der Waals surface area contributed by atoms with Gasteiger partial charge in [-0.05, 0) is 73.1 Å². The minimum Gasteiger partial charge on any atom is -0.492 e. The van der Waals surface area contributed by atoms with E-state index in [0.29, 0.717) is 12.2 Å². The predicted molar refractivity (Wildman–Crippen MR) is 158 cm³/mol. The Morgan fingerprint density at radius 1 is 0.825 bits per heavy atom. The number of nitrogens with zero attached hydrogens (tertiary/aromatic N) is 2. The van der Waals surface area contributed by atoms with Crippen LogP contribution >= 0.6 is 0 Å². The van der Waals surface area contributed by atoms with Gasteiger partial charge in [-0.25, -0.2) is 0 Å². The lowest BCUT2D eigenvalue weighted by Gasteiger charge is -2.24. The van der Waals surface area contributed by atoms with Gasteiger partial charge in [0.05, 0.1) is 6.54 Å². The molecule has 0 saturated heterocycles. The molecule has 2 radical (unpaired) electrons. The van der Waals surface area contributed by atoms with Crippen LogP contribution in [-0.2, 0) is 9.59 Å². The van der Waals surface area contributed by atoms with E-state index in [2.05, 4.69) is 32.0 Å². The first-order valence-electron chi connectivity index (χ1n) is 12.9. The van der Waals surface area contributed by atoms with Crippen molar-refractivity contribution < 1.29 is 29.6 Å². The molecule has 3 aromatic rings. The van der Waals surface area contributed by atoms with Crippen molar-refractivity contribution in [2.24, 2.45) is 0 Å². The quantitative estimate of drug-likeness (QED) is 0.217. The van der Waals surface area contributed by atoms with E-state index in [1.807, 2.05) is 68.7 Å². The summed E-state index contributed by atoms with van der Waals surface area (Å²) in [4.78, 5) is 26.5. The van der Waals surface area contributed by atoms with Crippen molar-refractivity contribution in [3.8, 4) is 5.75 Å². The molecule has 3 aromatic carbocycles. The summed E-state index contributed by atoms with van der Waals surface area (Å²) in [5, 5.41) is 25.4. The van der Waals surface area contributed by atoms with Crippen molar-refractivity contribution in [1.82, 2.24) is 9.80 Å².